The average molecular weight is 335 g/mol. The Hall–Kier alpha value is -2.78. The minimum absolute atomic E-state index is 0.415. The quantitative estimate of drug-likeness (QED) is 0.898. The summed E-state index contributed by atoms with van der Waals surface area (Å²) in [4.78, 5) is 6.50. The zero-order chi connectivity index (χ0) is 17.4. The fourth-order valence-corrected chi connectivity index (χ4v) is 4.09. The second-order valence-corrected chi connectivity index (χ2v) is 6.54. The van der Waals surface area contributed by atoms with Crippen LogP contribution < -0.4 is 20.3 Å². The number of methoxy groups -OCH3 is 1. The van der Waals surface area contributed by atoms with Crippen molar-refractivity contribution in [3.63, 3.8) is 0 Å². The van der Waals surface area contributed by atoms with E-state index in [-0.39, 0.29) is 0 Å². The molecule has 128 valence electrons. The van der Waals surface area contributed by atoms with Gasteiger partial charge in [0.15, 0.2) is 0 Å². The lowest BCUT2D eigenvalue weighted by Crippen LogP contribution is -2.42. The van der Waals surface area contributed by atoms with Crippen molar-refractivity contribution in [2.45, 2.75) is 18.4 Å². The van der Waals surface area contributed by atoms with Crippen LogP contribution in [0.4, 0.5) is 17.1 Å². The van der Waals surface area contributed by atoms with E-state index in [2.05, 4.69) is 39.7 Å². The Labute approximate surface area is 147 Å². The number of aromatic nitrogens is 1. The van der Waals surface area contributed by atoms with Gasteiger partial charge in [-0.25, -0.2) is 4.98 Å². The van der Waals surface area contributed by atoms with Crippen LogP contribution in [0.5, 0.6) is 5.88 Å². The molecule has 25 heavy (non-hydrogen) atoms. The van der Waals surface area contributed by atoms with Crippen LogP contribution in [0.2, 0.25) is 0 Å². The fourth-order valence-electron chi connectivity index (χ4n) is 4.09. The normalized spacial score (nSPS) is 21.2. The molecule has 1 fully saturated rings. The van der Waals surface area contributed by atoms with Crippen LogP contribution in [-0.2, 0) is 0 Å². The molecule has 0 radical (unpaired) electrons. The number of benzene rings is 1. The van der Waals surface area contributed by atoms with Crippen LogP contribution in [0.15, 0.2) is 30.5 Å². The van der Waals surface area contributed by atoms with Crippen LogP contribution in [0.1, 0.15) is 23.5 Å². The van der Waals surface area contributed by atoms with Crippen LogP contribution in [0.3, 0.4) is 0 Å². The molecule has 0 bridgehead atoms. The van der Waals surface area contributed by atoms with Gasteiger partial charge in [0, 0.05) is 37.4 Å². The van der Waals surface area contributed by atoms with E-state index in [9.17, 15) is 5.26 Å². The molecular weight excluding hydrogens is 314 g/mol. The van der Waals surface area contributed by atoms with E-state index in [1.807, 2.05) is 18.2 Å². The molecule has 4 rings (SSSR count). The Kier molecular flexibility index (Phi) is 3.94. The number of pyridine rings is 1. The van der Waals surface area contributed by atoms with Crippen molar-refractivity contribution in [2.75, 3.05) is 37.5 Å². The number of nitrogens with zero attached hydrogens (tertiary/aromatic N) is 3. The first-order valence-corrected chi connectivity index (χ1v) is 8.50. The van der Waals surface area contributed by atoms with Crippen LogP contribution in [0.25, 0.3) is 0 Å². The Balaban J connectivity index is 1.76. The molecule has 6 heteroatoms. The van der Waals surface area contributed by atoms with Crippen molar-refractivity contribution in [2.24, 2.45) is 0 Å². The Bertz CT molecular complexity index is 844. The molecule has 2 aliphatic rings. The molecule has 6 nitrogen and oxygen atoms in total. The Morgan fingerprint density at radius 1 is 1.44 bits per heavy atom. The number of likely N-dealkylation sites (N-methyl/N-ethyl adjacent to an activating group) is 1. The highest BCUT2D eigenvalue weighted by Gasteiger charge is 2.39. The highest BCUT2D eigenvalue weighted by molar-refractivity contribution is 5.77. The van der Waals surface area contributed by atoms with Gasteiger partial charge in [0.05, 0.1) is 18.4 Å². The standard InChI is InChI=1S/C19H21N5O/c1-24-17-5-7-21-11-15(17)14-9-13(8-12(10-20)18(14)24)23-16-4-3-6-22-19(16)25-2/h3-4,6,8-9,15,17,21,23H,5,7,11H2,1-2H3. The number of ether oxygens (including phenoxy) is 1. The zero-order valence-electron chi connectivity index (χ0n) is 14.4. The molecule has 2 unspecified atom stereocenters. The topological polar surface area (TPSA) is 73.2 Å². The monoisotopic (exact) mass is 335 g/mol. The number of anilines is 3. The minimum Gasteiger partial charge on any atom is -0.480 e. The summed E-state index contributed by atoms with van der Waals surface area (Å²) < 4.78 is 5.31. The summed E-state index contributed by atoms with van der Waals surface area (Å²) in [5, 5.41) is 16.5. The van der Waals surface area contributed by atoms with Crippen LogP contribution in [-0.4, -0.2) is 38.3 Å². The van der Waals surface area contributed by atoms with Gasteiger partial charge in [-0.15, -0.1) is 0 Å². The van der Waals surface area contributed by atoms with E-state index in [0.717, 1.165) is 36.6 Å². The maximum atomic E-state index is 9.69. The third-order valence-corrected chi connectivity index (χ3v) is 5.20. The number of hydrogen-bond donors (Lipinski definition) is 2. The van der Waals surface area contributed by atoms with Gasteiger partial charge in [-0.3, -0.25) is 0 Å². The molecule has 2 N–H and O–H groups in total. The number of hydrogen-bond acceptors (Lipinski definition) is 6. The van der Waals surface area contributed by atoms with Crippen LogP contribution >= 0.6 is 0 Å². The first-order chi connectivity index (χ1) is 12.2. The molecule has 0 amide bonds. The number of fused-ring (bicyclic) bond motifs is 3. The molecule has 2 atom stereocenters. The highest BCUT2D eigenvalue weighted by Crippen LogP contribution is 2.46. The maximum absolute atomic E-state index is 9.69. The van der Waals surface area contributed by atoms with Crippen molar-refractivity contribution in [3.8, 4) is 11.9 Å². The van der Waals surface area contributed by atoms with E-state index < -0.39 is 0 Å². The van der Waals surface area contributed by atoms with Gasteiger partial charge in [0.2, 0.25) is 5.88 Å². The molecule has 3 heterocycles. The van der Waals surface area contributed by atoms with Gasteiger partial charge in [0.1, 0.15) is 11.8 Å². The van der Waals surface area contributed by atoms with Crippen molar-refractivity contribution in [1.82, 2.24) is 10.3 Å². The first-order valence-electron chi connectivity index (χ1n) is 8.50. The number of piperidine rings is 1. The van der Waals surface area contributed by atoms with Crippen molar-refractivity contribution >= 4 is 17.1 Å². The van der Waals surface area contributed by atoms with E-state index in [0.29, 0.717) is 23.4 Å². The van der Waals surface area contributed by atoms with Gasteiger partial charge in [-0.2, -0.15) is 5.26 Å². The van der Waals surface area contributed by atoms with Gasteiger partial charge in [0.25, 0.3) is 0 Å². The molecule has 1 aromatic heterocycles. The molecule has 0 aliphatic carbocycles. The largest absolute Gasteiger partial charge is 0.480 e. The molecule has 1 aromatic carbocycles. The first kappa shape index (κ1) is 15.7. The zero-order valence-corrected chi connectivity index (χ0v) is 14.4. The predicted molar refractivity (Wildman–Crippen MR) is 97.6 cm³/mol. The van der Waals surface area contributed by atoms with E-state index in [4.69, 9.17) is 4.74 Å². The minimum atomic E-state index is 0.415. The third-order valence-electron chi connectivity index (χ3n) is 5.20. The summed E-state index contributed by atoms with van der Waals surface area (Å²) in [5.74, 6) is 0.953. The second-order valence-electron chi connectivity index (χ2n) is 6.54. The van der Waals surface area contributed by atoms with Gasteiger partial charge >= 0.3 is 0 Å². The summed E-state index contributed by atoms with van der Waals surface area (Å²) in [5.41, 5.74) is 4.70. The predicted octanol–water partition coefficient (Wildman–Crippen LogP) is 2.60. The summed E-state index contributed by atoms with van der Waals surface area (Å²) >= 11 is 0. The Morgan fingerprint density at radius 3 is 3.12 bits per heavy atom. The van der Waals surface area contributed by atoms with Gasteiger partial charge < -0.3 is 20.3 Å². The lowest BCUT2D eigenvalue weighted by Gasteiger charge is -2.31. The van der Waals surface area contributed by atoms with E-state index in [1.165, 1.54) is 5.56 Å². The lowest BCUT2D eigenvalue weighted by molar-refractivity contribution is 0.400. The number of rotatable bonds is 3. The molecule has 2 aliphatic heterocycles. The number of nitrogens with one attached hydrogen (secondary N) is 2. The fraction of sp³-hybridized carbons (Fsp3) is 0.368. The summed E-state index contributed by atoms with van der Waals surface area (Å²) in [6.45, 7) is 1.98. The molecule has 0 spiro atoms. The van der Waals surface area contributed by atoms with E-state index >= 15 is 0 Å². The molecule has 1 saturated heterocycles. The summed E-state index contributed by atoms with van der Waals surface area (Å²) in [6, 6.07) is 10.7. The van der Waals surface area contributed by atoms with Gasteiger partial charge in [-0.1, -0.05) is 0 Å². The SMILES string of the molecule is COc1ncccc1Nc1cc(C#N)c2c(c1)C1CNCCC1N2C. The summed E-state index contributed by atoms with van der Waals surface area (Å²) in [7, 11) is 3.71. The maximum Gasteiger partial charge on any atom is 0.237 e. The molecule has 2 aromatic rings. The van der Waals surface area contributed by atoms with Crippen molar-refractivity contribution < 1.29 is 4.74 Å². The average Bonchev–Trinajstić information content (AvgIpc) is 2.94. The lowest BCUT2D eigenvalue weighted by atomic mass is 9.89. The Morgan fingerprint density at radius 2 is 2.32 bits per heavy atom. The third kappa shape index (κ3) is 2.57. The van der Waals surface area contributed by atoms with Crippen LogP contribution in [0, 0.1) is 11.3 Å². The van der Waals surface area contributed by atoms with E-state index in [1.54, 1.807) is 13.3 Å². The van der Waals surface area contributed by atoms with Crippen molar-refractivity contribution in [1.29, 1.82) is 5.26 Å². The van der Waals surface area contributed by atoms with Gasteiger partial charge in [-0.05, 0) is 42.8 Å². The number of nitriles is 1. The summed E-state index contributed by atoms with van der Waals surface area (Å²) in [6.07, 6.45) is 2.79. The highest BCUT2D eigenvalue weighted by atomic mass is 16.5. The molecule has 0 saturated carbocycles. The second kappa shape index (κ2) is 6.26. The van der Waals surface area contributed by atoms with Crippen molar-refractivity contribution in [3.05, 3.63) is 41.6 Å². The molecular formula is C19H21N5O. The smallest absolute Gasteiger partial charge is 0.237 e.